The minimum absolute atomic E-state index is 0.0203. The SMILES string of the molecule is CCN(CC(=O)N[C@H]1CCS(=O)(=O)C1)C(=O)C1(c2ccc(Cl)cc2)CCC1. The van der Waals surface area contributed by atoms with Crippen LogP contribution in [0.5, 0.6) is 0 Å². The van der Waals surface area contributed by atoms with Crippen LogP contribution < -0.4 is 5.32 Å². The number of carbonyl (C=O) groups excluding carboxylic acids is 2. The van der Waals surface area contributed by atoms with Gasteiger partial charge in [0, 0.05) is 17.6 Å². The smallest absolute Gasteiger partial charge is 0.239 e. The van der Waals surface area contributed by atoms with Crippen LogP contribution in [0.15, 0.2) is 24.3 Å². The van der Waals surface area contributed by atoms with Gasteiger partial charge < -0.3 is 10.2 Å². The third-order valence-electron chi connectivity index (χ3n) is 5.61. The van der Waals surface area contributed by atoms with Gasteiger partial charge in [-0.25, -0.2) is 8.42 Å². The van der Waals surface area contributed by atoms with Crippen molar-refractivity contribution in [3.63, 3.8) is 0 Å². The molecule has 0 unspecified atom stereocenters. The molecular weight excluding hydrogens is 388 g/mol. The Morgan fingerprint density at radius 2 is 1.93 bits per heavy atom. The summed E-state index contributed by atoms with van der Waals surface area (Å²) in [7, 11) is -3.06. The lowest BCUT2D eigenvalue weighted by Crippen LogP contribution is -2.53. The van der Waals surface area contributed by atoms with E-state index < -0.39 is 15.3 Å². The summed E-state index contributed by atoms with van der Waals surface area (Å²) < 4.78 is 23.1. The van der Waals surface area contributed by atoms with E-state index in [4.69, 9.17) is 11.6 Å². The molecule has 1 saturated heterocycles. The third kappa shape index (κ3) is 4.29. The number of nitrogens with zero attached hydrogens (tertiary/aromatic N) is 1. The van der Waals surface area contributed by atoms with Crippen molar-refractivity contribution in [3.05, 3.63) is 34.9 Å². The predicted octanol–water partition coefficient (Wildman–Crippen LogP) is 1.91. The number of nitrogens with one attached hydrogen (secondary N) is 1. The number of carbonyl (C=O) groups is 2. The van der Waals surface area contributed by atoms with Crippen molar-refractivity contribution in [3.8, 4) is 0 Å². The number of hydrogen-bond acceptors (Lipinski definition) is 4. The zero-order valence-electron chi connectivity index (χ0n) is 15.4. The first-order valence-electron chi connectivity index (χ1n) is 9.31. The maximum atomic E-state index is 13.3. The van der Waals surface area contributed by atoms with Gasteiger partial charge in [-0.2, -0.15) is 0 Å². The maximum Gasteiger partial charge on any atom is 0.239 e. The summed E-state index contributed by atoms with van der Waals surface area (Å²) in [5.74, 6) is -0.271. The van der Waals surface area contributed by atoms with Crippen molar-refractivity contribution in [2.24, 2.45) is 0 Å². The number of benzene rings is 1. The summed E-state index contributed by atoms with van der Waals surface area (Å²) in [6.45, 7) is 2.21. The van der Waals surface area contributed by atoms with Crippen LogP contribution in [0.1, 0.15) is 38.2 Å². The number of amides is 2. The molecule has 1 saturated carbocycles. The van der Waals surface area contributed by atoms with Gasteiger partial charge in [0.1, 0.15) is 0 Å². The Morgan fingerprint density at radius 1 is 1.26 bits per heavy atom. The quantitative estimate of drug-likeness (QED) is 0.773. The second kappa shape index (κ2) is 7.80. The van der Waals surface area contributed by atoms with Gasteiger partial charge in [0.15, 0.2) is 9.84 Å². The summed E-state index contributed by atoms with van der Waals surface area (Å²) in [5, 5.41) is 3.38. The van der Waals surface area contributed by atoms with Crippen LogP contribution in [0.2, 0.25) is 5.02 Å². The summed E-state index contributed by atoms with van der Waals surface area (Å²) in [4.78, 5) is 27.2. The molecule has 148 valence electrons. The highest BCUT2D eigenvalue weighted by atomic mass is 35.5. The predicted molar refractivity (Wildman–Crippen MR) is 104 cm³/mol. The molecule has 1 atom stereocenters. The summed E-state index contributed by atoms with van der Waals surface area (Å²) >= 11 is 5.97. The first kappa shape index (κ1) is 20.1. The highest BCUT2D eigenvalue weighted by Gasteiger charge is 2.47. The number of likely N-dealkylation sites (N-methyl/N-ethyl adjacent to an activating group) is 1. The van der Waals surface area contributed by atoms with E-state index in [1.807, 2.05) is 19.1 Å². The Bertz CT molecular complexity index is 819. The van der Waals surface area contributed by atoms with E-state index in [-0.39, 0.29) is 35.9 Å². The molecule has 1 aliphatic heterocycles. The van der Waals surface area contributed by atoms with Crippen molar-refractivity contribution in [2.75, 3.05) is 24.6 Å². The van der Waals surface area contributed by atoms with Crippen molar-refractivity contribution < 1.29 is 18.0 Å². The van der Waals surface area contributed by atoms with Crippen molar-refractivity contribution >= 4 is 33.3 Å². The molecule has 27 heavy (non-hydrogen) atoms. The summed E-state index contributed by atoms with van der Waals surface area (Å²) in [6, 6.07) is 6.99. The van der Waals surface area contributed by atoms with Gasteiger partial charge in [0.05, 0.1) is 23.5 Å². The summed E-state index contributed by atoms with van der Waals surface area (Å²) in [5.41, 5.74) is 0.348. The highest BCUT2D eigenvalue weighted by molar-refractivity contribution is 7.91. The molecule has 2 amide bonds. The minimum Gasteiger partial charge on any atom is -0.351 e. The lowest BCUT2D eigenvalue weighted by atomic mass is 9.63. The van der Waals surface area contributed by atoms with E-state index >= 15 is 0 Å². The molecule has 3 rings (SSSR count). The molecule has 1 aromatic carbocycles. The van der Waals surface area contributed by atoms with E-state index in [1.165, 1.54) is 0 Å². The van der Waals surface area contributed by atoms with Crippen LogP contribution in [-0.2, 0) is 24.8 Å². The summed E-state index contributed by atoms with van der Waals surface area (Å²) in [6.07, 6.45) is 2.92. The fourth-order valence-electron chi connectivity index (χ4n) is 3.91. The Labute approximate surface area is 165 Å². The molecule has 0 aromatic heterocycles. The molecule has 2 aliphatic rings. The Hall–Kier alpha value is -1.60. The molecule has 1 aliphatic carbocycles. The van der Waals surface area contributed by atoms with Gasteiger partial charge in [-0.1, -0.05) is 30.2 Å². The average Bonchev–Trinajstić information content (AvgIpc) is 2.91. The van der Waals surface area contributed by atoms with Gasteiger partial charge in [0.2, 0.25) is 11.8 Å². The van der Waals surface area contributed by atoms with Crippen LogP contribution in [0.3, 0.4) is 0 Å². The topological polar surface area (TPSA) is 83.6 Å². The van der Waals surface area contributed by atoms with E-state index in [2.05, 4.69) is 5.32 Å². The zero-order chi connectivity index (χ0) is 19.7. The van der Waals surface area contributed by atoms with Crippen LogP contribution in [-0.4, -0.2) is 55.8 Å². The Kier molecular flexibility index (Phi) is 5.82. The lowest BCUT2D eigenvalue weighted by molar-refractivity contribution is -0.143. The van der Waals surface area contributed by atoms with Crippen LogP contribution in [0.25, 0.3) is 0 Å². The maximum absolute atomic E-state index is 13.3. The van der Waals surface area contributed by atoms with E-state index in [0.717, 1.165) is 24.8 Å². The third-order valence-corrected chi connectivity index (χ3v) is 7.63. The van der Waals surface area contributed by atoms with Crippen molar-refractivity contribution in [1.82, 2.24) is 10.2 Å². The zero-order valence-corrected chi connectivity index (χ0v) is 17.0. The van der Waals surface area contributed by atoms with Gasteiger partial charge in [-0.05, 0) is 43.9 Å². The molecule has 2 fully saturated rings. The van der Waals surface area contributed by atoms with Crippen LogP contribution >= 0.6 is 11.6 Å². The standard InChI is InChI=1S/C19H25ClN2O4S/c1-2-22(12-17(23)21-16-8-11-27(25,26)13-16)18(24)19(9-3-10-19)14-4-6-15(20)7-5-14/h4-7,16H,2-3,8-13H2,1H3,(H,21,23)/t16-/m0/s1. The van der Waals surface area contributed by atoms with Crippen molar-refractivity contribution in [1.29, 1.82) is 0 Å². The van der Waals surface area contributed by atoms with Crippen LogP contribution in [0.4, 0.5) is 0 Å². The molecule has 1 N–H and O–H groups in total. The van der Waals surface area contributed by atoms with Gasteiger partial charge in [-0.3, -0.25) is 9.59 Å². The molecule has 1 heterocycles. The molecule has 0 bridgehead atoms. The van der Waals surface area contributed by atoms with E-state index in [9.17, 15) is 18.0 Å². The Balaban J connectivity index is 1.68. The average molecular weight is 413 g/mol. The minimum atomic E-state index is -3.06. The fourth-order valence-corrected chi connectivity index (χ4v) is 5.71. The molecular formula is C19H25ClN2O4S. The monoisotopic (exact) mass is 412 g/mol. The number of rotatable bonds is 6. The molecule has 1 aromatic rings. The highest BCUT2D eigenvalue weighted by Crippen LogP contribution is 2.45. The van der Waals surface area contributed by atoms with Gasteiger partial charge in [-0.15, -0.1) is 0 Å². The first-order valence-corrected chi connectivity index (χ1v) is 11.5. The number of hydrogen-bond donors (Lipinski definition) is 1. The second-order valence-corrected chi connectivity index (χ2v) is 10.1. The van der Waals surface area contributed by atoms with E-state index in [0.29, 0.717) is 18.0 Å². The molecule has 8 heteroatoms. The number of sulfone groups is 1. The second-order valence-electron chi connectivity index (χ2n) is 7.43. The fraction of sp³-hybridized carbons (Fsp3) is 0.579. The first-order chi connectivity index (χ1) is 12.8. The normalized spacial score (nSPS) is 22.7. The van der Waals surface area contributed by atoms with Crippen LogP contribution in [0, 0.1) is 0 Å². The van der Waals surface area contributed by atoms with Crippen molar-refractivity contribution in [2.45, 2.75) is 44.1 Å². The lowest BCUT2D eigenvalue weighted by Gasteiger charge is -2.43. The molecule has 0 radical (unpaired) electrons. The number of halogens is 1. The van der Waals surface area contributed by atoms with E-state index in [1.54, 1.807) is 17.0 Å². The molecule has 0 spiro atoms. The largest absolute Gasteiger partial charge is 0.351 e. The van der Waals surface area contributed by atoms with Gasteiger partial charge in [0.25, 0.3) is 0 Å². The Morgan fingerprint density at radius 3 is 2.41 bits per heavy atom. The molecule has 6 nitrogen and oxygen atoms in total. The van der Waals surface area contributed by atoms with Gasteiger partial charge >= 0.3 is 0 Å².